The van der Waals surface area contributed by atoms with Crippen LogP contribution in [-0.4, -0.2) is 22.9 Å². The smallest absolute Gasteiger partial charge is 0.161 e. The topological polar surface area (TPSA) is 75.7 Å². The maximum atomic E-state index is 10.1. The van der Waals surface area contributed by atoms with E-state index in [1.807, 2.05) is 6.07 Å². The van der Waals surface area contributed by atoms with E-state index in [1.165, 1.54) is 38.2 Å². The summed E-state index contributed by atoms with van der Waals surface area (Å²) in [5.41, 5.74) is 7.58. The van der Waals surface area contributed by atoms with Crippen LogP contribution in [-0.2, 0) is 11.2 Å². The van der Waals surface area contributed by atoms with E-state index in [0.717, 1.165) is 11.1 Å². The van der Waals surface area contributed by atoms with Crippen molar-refractivity contribution in [3.63, 3.8) is 0 Å². The second kappa shape index (κ2) is 6.86. The van der Waals surface area contributed by atoms with Crippen LogP contribution >= 0.6 is 12.4 Å². The molecule has 4 nitrogen and oxygen atoms in total. The highest BCUT2D eigenvalue weighted by Crippen LogP contribution is 2.43. The number of aromatic hydroxyl groups is 2. The Morgan fingerprint density at radius 1 is 1.14 bits per heavy atom. The molecule has 0 bridgehead atoms. The third-order valence-corrected chi connectivity index (χ3v) is 4.78. The minimum Gasteiger partial charge on any atom is -0.504 e. The van der Waals surface area contributed by atoms with Gasteiger partial charge in [0.05, 0.1) is 12.2 Å². The molecule has 1 aliphatic carbocycles. The minimum absolute atomic E-state index is 0. The van der Waals surface area contributed by atoms with Crippen LogP contribution < -0.4 is 5.73 Å². The van der Waals surface area contributed by atoms with Gasteiger partial charge >= 0.3 is 0 Å². The fourth-order valence-corrected chi connectivity index (χ4v) is 3.66. The fraction of sp³-hybridized carbons (Fsp3) is 0.625. The molecule has 0 saturated heterocycles. The molecular formula is C16H24ClNO3. The summed E-state index contributed by atoms with van der Waals surface area (Å²) >= 11 is 0. The molecule has 21 heavy (non-hydrogen) atoms. The molecule has 0 unspecified atom stereocenters. The zero-order valence-corrected chi connectivity index (χ0v) is 12.9. The second-order valence-electron chi connectivity index (χ2n) is 6.00. The normalized spacial score (nSPS) is 26.0. The molecule has 0 radical (unpaired) electrons. The molecule has 118 valence electrons. The van der Waals surface area contributed by atoms with Gasteiger partial charge in [-0.15, -0.1) is 12.4 Å². The molecule has 1 aromatic rings. The Hall–Kier alpha value is -0.970. The molecule has 1 saturated carbocycles. The maximum absolute atomic E-state index is 10.1. The Balaban J connectivity index is 0.00000161. The van der Waals surface area contributed by atoms with Gasteiger partial charge < -0.3 is 20.7 Å². The van der Waals surface area contributed by atoms with E-state index in [0.29, 0.717) is 18.9 Å². The largest absolute Gasteiger partial charge is 0.504 e. The van der Waals surface area contributed by atoms with E-state index >= 15 is 0 Å². The van der Waals surface area contributed by atoms with Crippen LogP contribution in [0.4, 0.5) is 0 Å². The van der Waals surface area contributed by atoms with Crippen molar-refractivity contribution in [2.45, 2.75) is 50.7 Å². The van der Waals surface area contributed by atoms with Crippen LogP contribution in [0.25, 0.3) is 0 Å². The molecule has 0 aromatic heterocycles. The van der Waals surface area contributed by atoms with E-state index < -0.39 is 0 Å². The number of hydrogen-bond donors (Lipinski definition) is 3. The molecule has 0 spiro atoms. The first kappa shape index (κ1) is 16.4. The number of hydrogen-bond acceptors (Lipinski definition) is 4. The van der Waals surface area contributed by atoms with Crippen molar-refractivity contribution in [2.75, 3.05) is 6.54 Å². The number of halogens is 1. The van der Waals surface area contributed by atoms with Crippen LogP contribution in [0.15, 0.2) is 12.1 Å². The number of ether oxygens (including phenoxy) is 1. The van der Waals surface area contributed by atoms with E-state index in [4.69, 9.17) is 10.5 Å². The number of fused-ring (bicyclic) bond motifs is 1. The van der Waals surface area contributed by atoms with Gasteiger partial charge in [0.2, 0.25) is 0 Å². The summed E-state index contributed by atoms with van der Waals surface area (Å²) < 4.78 is 6.18. The summed E-state index contributed by atoms with van der Waals surface area (Å²) in [5, 5.41) is 19.8. The van der Waals surface area contributed by atoms with Crippen LogP contribution in [0.3, 0.4) is 0 Å². The van der Waals surface area contributed by atoms with E-state index in [1.54, 1.807) is 0 Å². The molecular weight excluding hydrogens is 290 g/mol. The Labute approximate surface area is 131 Å². The molecule has 1 fully saturated rings. The van der Waals surface area contributed by atoms with Crippen molar-refractivity contribution in [2.24, 2.45) is 11.7 Å². The molecule has 0 amide bonds. The number of phenols is 2. The quantitative estimate of drug-likeness (QED) is 0.734. The zero-order chi connectivity index (χ0) is 14.1. The molecule has 2 aliphatic rings. The number of benzene rings is 1. The minimum atomic E-state index is -0.169. The van der Waals surface area contributed by atoms with Crippen molar-refractivity contribution in [3.8, 4) is 11.5 Å². The van der Waals surface area contributed by atoms with Gasteiger partial charge in [-0.3, -0.25) is 0 Å². The Morgan fingerprint density at radius 2 is 1.86 bits per heavy atom. The zero-order valence-electron chi connectivity index (χ0n) is 12.1. The Bertz CT molecular complexity index is 489. The summed E-state index contributed by atoms with van der Waals surface area (Å²) in [6, 6.07) is 3.33. The Kier molecular flexibility index (Phi) is 5.36. The number of nitrogens with two attached hydrogens (primary N) is 1. The van der Waals surface area contributed by atoms with Crippen LogP contribution in [0, 0.1) is 5.92 Å². The second-order valence-corrected chi connectivity index (χ2v) is 6.00. The fourth-order valence-electron chi connectivity index (χ4n) is 3.66. The lowest BCUT2D eigenvalue weighted by atomic mass is 9.80. The monoisotopic (exact) mass is 313 g/mol. The average Bonchev–Trinajstić information content (AvgIpc) is 2.51. The third-order valence-electron chi connectivity index (χ3n) is 4.78. The molecule has 4 N–H and O–H groups in total. The summed E-state index contributed by atoms with van der Waals surface area (Å²) in [6.07, 6.45) is 6.84. The van der Waals surface area contributed by atoms with Gasteiger partial charge in [0.1, 0.15) is 0 Å². The number of rotatable bonds is 2. The van der Waals surface area contributed by atoms with Gasteiger partial charge in [-0.05, 0) is 30.4 Å². The van der Waals surface area contributed by atoms with Crippen LogP contribution in [0.2, 0.25) is 0 Å². The van der Waals surface area contributed by atoms with Gasteiger partial charge in [0, 0.05) is 18.5 Å². The van der Waals surface area contributed by atoms with Crippen molar-refractivity contribution in [1.29, 1.82) is 0 Å². The number of phenolic OH excluding ortho intramolecular Hbond substituents is 2. The summed E-state index contributed by atoms with van der Waals surface area (Å²) in [6.45, 7) is 0.403. The Morgan fingerprint density at radius 3 is 2.52 bits per heavy atom. The summed E-state index contributed by atoms with van der Waals surface area (Å²) in [4.78, 5) is 0. The van der Waals surface area contributed by atoms with E-state index in [2.05, 4.69) is 0 Å². The predicted molar refractivity (Wildman–Crippen MR) is 84.0 cm³/mol. The highest BCUT2D eigenvalue weighted by molar-refractivity contribution is 5.85. The van der Waals surface area contributed by atoms with Crippen molar-refractivity contribution < 1.29 is 14.9 Å². The van der Waals surface area contributed by atoms with E-state index in [-0.39, 0.29) is 36.1 Å². The molecule has 1 heterocycles. The lowest BCUT2D eigenvalue weighted by Crippen LogP contribution is -2.36. The maximum Gasteiger partial charge on any atom is 0.161 e. The summed E-state index contributed by atoms with van der Waals surface area (Å²) in [7, 11) is 0. The van der Waals surface area contributed by atoms with E-state index in [9.17, 15) is 10.2 Å². The molecule has 5 heteroatoms. The average molecular weight is 314 g/mol. The molecule has 3 rings (SSSR count). The SMILES string of the molecule is Cl.NC[C@H]1O[C@@H](C2CCCCC2)Cc2c1ccc(O)c2O. The molecule has 1 aromatic carbocycles. The van der Waals surface area contributed by atoms with Gasteiger partial charge in [-0.2, -0.15) is 0 Å². The van der Waals surface area contributed by atoms with Gasteiger partial charge in [0.15, 0.2) is 11.5 Å². The molecule has 2 atom stereocenters. The van der Waals surface area contributed by atoms with Gasteiger partial charge in [-0.1, -0.05) is 25.3 Å². The van der Waals surface area contributed by atoms with Gasteiger partial charge in [0.25, 0.3) is 0 Å². The lowest BCUT2D eigenvalue weighted by Gasteiger charge is -2.38. The van der Waals surface area contributed by atoms with Crippen LogP contribution in [0.5, 0.6) is 11.5 Å². The van der Waals surface area contributed by atoms with Gasteiger partial charge in [-0.25, -0.2) is 0 Å². The first-order valence-corrected chi connectivity index (χ1v) is 7.60. The van der Waals surface area contributed by atoms with Crippen molar-refractivity contribution in [1.82, 2.24) is 0 Å². The standard InChI is InChI=1S/C16H23NO3.ClH/c17-9-15-11-6-7-13(18)16(19)12(11)8-14(20-15)10-4-2-1-3-5-10;/h6-7,10,14-15,18-19H,1-5,8-9,17H2;1H/t14-,15-;/m1./s1. The lowest BCUT2D eigenvalue weighted by molar-refractivity contribution is -0.0595. The summed E-state index contributed by atoms with van der Waals surface area (Å²) in [5.74, 6) is 0.501. The third kappa shape index (κ3) is 3.12. The van der Waals surface area contributed by atoms with Crippen molar-refractivity contribution in [3.05, 3.63) is 23.3 Å². The highest BCUT2D eigenvalue weighted by Gasteiger charge is 2.34. The first-order valence-electron chi connectivity index (χ1n) is 7.60. The van der Waals surface area contributed by atoms with Crippen molar-refractivity contribution >= 4 is 12.4 Å². The highest BCUT2D eigenvalue weighted by atomic mass is 35.5. The first-order chi connectivity index (χ1) is 9.70. The van der Waals surface area contributed by atoms with Crippen LogP contribution in [0.1, 0.15) is 49.3 Å². The molecule has 1 aliphatic heterocycles. The predicted octanol–water partition coefficient (Wildman–Crippen LogP) is 3.04.